The van der Waals surface area contributed by atoms with Crippen LogP contribution in [0.15, 0.2) is 28.9 Å². The Labute approximate surface area is 68.5 Å². The average molecular weight is 164 g/mol. The topological polar surface area (TPSA) is 41.5 Å². The number of rotatable bonds is 0. The van der Waals surface area contributed by atoms with Crippen LogP contribution >= 0.6 is 12.2 Å². The zero-order chi connectivity index (χ0) is 7.84. The van der Waals surface area contributed by atoms with Crippen LogP contribution in [0.4, 0.5) is 0 Å². The first-order chi connectivity index (χ1) is 5.27. The van der Waals surface area contributed by atoms with Gasteiger partial charge >= 0.3 is 0 Å². The molecule has 0 aromatic carbocycles. The third-order valence-electron chi connectivity index (χ3n) is 1.45. The van der Waals surface area contributed by atoms with Gasteiger partial charge in [0.1, 0.15) is 5.71 Å². The molecule has 0 aromatic heterocycles. The molecule has 54 valence electrons. The van der Waals surface area contributed by atoms with Crippen LogP contribution in [0, 0.1) is 0 Å². The lowest BCUT2D eigenvalue weighted by molar-refractivity contribution is -0.108. The van der Waals surface area contributed by atoms with Gasteiger partial charge in [-0.05, 0) is 24.4 Å². The summed E-state index contributed by atoms with van der Waals surface area (Å²) in [7, 11) is 0. The first kappa shape index (κ1) is 6.42. The third kappa shape index (κ3) is 0.914. The number of carbonyl (C=O) groups excluding carboxylic acids is 1. The molecule has 0 spiro atoms. The Bertz CT molecular complexity index is 338. The molecule has 0 saturated carbocycles. The van der Waals surface area contributed by atoms with Crippen molar-refractivity contribution in [3.63, 3.8) is 0 Å². The highest BCUT2D eigenvalue weighted by atomic mass is 32.1. The molecule has 0 aromatic rings. The first-order valence-electron chi connectivity index (χ1n) is 3.10. The van der Waals surface area contributed by atoms with Crippen molar-refractivity contribution in [3.8, 4) is 0 Å². The second-order valence-corrected chi connectivity index (χ2v) is 2.58. The van der Waals surface area contributed by atoms with Gasteiger partial charge in [-0.1, -0.05) is 6.08 Å². The summed E-state index contributed by atoms with van der Waals surface area (Å²) in [6, 6.07) is 0. The highest BCUT2D eigenvalue weighted by Crippen LogP contribution is 2.09. The first-order valence-corrected chi connectivity index (χ1v) is 3.51. The maximum absolute atomic E-state index is 11.1. The molecule has 1 aliphatic carbocycles. The van der Waals surface area contributed by atoms with Gasteiger partial charge in [-0.15, -0.1) is 0 Å². The Kier molecular flexibility index (Phi) is 1.22. The van der Waals surface area contributed by atoms with E-state index in [4.69, 9.17) is 12.2 Å². The van der Waals surface area contributed by atoms with Crippen LogP contribution in [0.5, 0.6) is 0 Å². The molecule has 0 saturated heterocycles. The molecule has 1 N–H and O–H groups in total. The number of hydrogen-bond donors (Lipinski definition) is 1. The number of allylic oxidation sites excluding steroid dienone is 4. The van der Waals surface area contributed by atoms with Gasteiger partial charge in [-0.25, -0.2) is 4.99 Å². The van der Waals surface area contributed by atoms with Crippen molar-refractivity contribution >= 4 is 28.8 Å². The van der Waals surface area contributed by atoms with Crippen LogP contribution in [0.25, 0.3) is 0 Å². The van der Waals surface area contributed by atoms with Gasteiger partial charge < -0.3 is 5.32 Å². The van der Waals surface area contributed by atoms with E-state index >= 15 is 0 Å². The number of fused-ring (bicyclic) bond motifs is 1. The lowest BCUT2D eigenvalue weighted by atomic mass is 10.1. The summed E-state index contributed by atoms with van der Waals surface area (Å²) >= 11 is 4.77. The molecule has 1 heterocycles. The third-order valence-corrected chi connectivity index (χ3v) is 1.65. The standard InChI is InChI=1S/C7H4N2OS/c10-5-3-1-2-4-6(5)9-7(11)8-4/h1-3H,(H,8,11). The van der Waals surface area contributed by atoms with Crippen LogP contribution in [-0.2, 0) is 4.79 Å². The van der Waals surface area contributed by atoms with E-state index in [0.29, 0.717) is 16.5 Å². The van der Waals surface area contributed by atoms with Crippen molar-refractivity contribution in [2.75, 3.05) is 0 Å². The van der Waals surface area contributed by atoms with E-state index in [1.807, 2.05) is 0 Å². The normalized spacial score (nSPS) is 20.7. The van der Waals surface area contributed by atoms with E-state index < -0.39 is 0 Å². The largest absolute Gasteiger partial charge is 0.329 e. The van der Waals surface area contributed by atoms with Gasteiger partial charge in [0.2, 0.25) is 5.78 Å². The van der Waals surface area contributed by atoms with Gasteiger partial charge in [0.15, 0.2) is 5.11 Å². The van der Waals surface area contributed by atoms with Gasteiger partial charge in [0, 0.05) is 0 Å². The highest BCUT2D eigenvalue weighted by Gasteiger charge is 2.23. The number of ketones is 1. The molecule has 0 atom stereocenters. The summed E-state index contributed by atoms with van der Waals surface area (Å²) in [6.07, 6.45) is 4.93. The fourth-order valence-corrected chi connectivity index (χ4v) is 1.18. The number of carbonyl (C=O) groups is 1. The number of aliphatic imine (C=N–C) groups is 1. The van der Waals surface area contributed by atoms with E-state index in [1.165, 1.54) is 6.08 Å². The minimum atomic E-state index is -0.0881. The smallest absolute Gasteiger partial charge is 0.206 e. The Morgan fingerprint density at radius 3 is 3.09 bits per heavy atom. The van der Waals surface area contributed by atoms with E-state index in [0.717, 1.165) is 0 Å². The maximum atomic E-state index is 11.1. The summed E-state index contributed by atoms with van der Waals surface area (Å²) in [6.45, 7) is 0. The molecule has 11 heavy (non-hydrogen) atoms. The Balaban J connectivity index is 2.52. The maximum Gasteiger partial charge on any atom is 0.206 e. The number of hydrogen-bond acceptors (Lipinski definition) is 2. The molecular weight excluding hydrogens is 160 g/mol. The van der Waals surface area contributed by atoms with Crippen molar-refractivity contribution in [2.24, 2.45) is 4.99 Å². The van der Waals surface area contributed by atoms with E-state index in [2.05, 4.69) is 10.3 Å². The number of nitrogens with one attached hydrogen (secondary N) is 1. The molecule has 2 aliphatic rings. The minimum absolute atomic E-state index is 0.0881. The van der Waals surface area contributed by atoms with Crippen LogP contribution in [0.3, 0.4) is 0 Å². The summed E-state index contributed by atoms with van der Waals surface area (Å²) in [5, 5.41) is 3.17. The molecule has 3 nitrogen and oxygen atoms in total. The average Bonchev–Trinajstić information content (AvgIpc) is 2.31. The SMILES string of the molecule is O=C1C=CC=C2NC(=S)N=C12. The lowest BCUT2D eigenvalue weighted by Crippen LogP contribution is -2.20. The molecule has 2 rings (SSSR count). The molecule has 0 radical (unpaired) electrons. The van der Waals surface area contributed by atoms with Crippen molar-refractivity contribution in [1.82, 2.24) is 5.32 Å². The molecule has 0 bridgehead atoms. The molecule has 4 heteroatoms. The van der Waals surface area contributed by atoms with Crippen LogP contribution in [-0.4, -0.2) is 16.6 Å². The zero-order valence-corrected chi connectivity index (χ0v) is 6.31. The molecule has 0 amide bonds. The molecule has 1 aliphatic heterocycles. The summed E-state index contributed by atoms with van der Waals surface area (Å²) in [4.78, 5) is 14.9. The lowest BCUT2D eigenvalue weighted by Gasteiger charge is -2.01. The summed E-state index contributed by atoms with van der Waals surface area (Å²) in [5.41, 5.74) is 1.14. The second-order valence-electron chi connectivity index (χ2n) is 2.19. The van der Waals surface area contributed by atoms with Crippen LogP contribution in [0.1, 0.15) is 0 Å². The van der Waals surface area contributed by atoms with Crippen molar-refractivity contribution < 1.29 is 4.79 Å². The Hall–Kier alpha value is -1.29. The molecular formula is C7H4N2OS. The Morgan fingerprint density at radius 2 is 2.36 bits per heavy atom. The predicted octanol–water partition coefficient (Wildman–Crippen LogP) is 0.338. The number of nitrogens with zero attached hydrogens (tertiary/aromatic N) is 1. The van der Waals surface area contributed by atoms with E-state index in [-0.39, 0.29) is 5.78 Å². The fourth-order valence-electron chi connectivity index (χ4n) is 0.983. The summed E-state index contributed by atoms with van der Waals surface area (Å²) in [5.74, 6) is -0.0881. The Morgan fingerprint density at radius 1 is 1.55 bits per heavy atom. The van der Waals surface area contributed by atoms with Crippen molar-refractivity contribution in [3.05, 3.63) is 23.9 Å². The van der Waals surface area contributed by atoms with Crippen molar-refractivity contribution in [2.45, 2.75) is 0 Å². The summed E-state index contributed by atoms with van der Waals surface area (Å²) < 4.78 is 0. The fraction of sp³-hybridized carbons (Fsp3) is 0. The quantitative estimate of drug-likeness (QED) is 0.414. The van der Waals surface area contributed by atoms with E-state index in [9.17, 15) is 4.79 Å². The van der Waals surface area contributed by atoms with Gasteiger partial charge in [0.05, 0.1) is 5.70 Å². The molecule has 0 fully saturated rings. The highest BCUT2D eigenvalue weighted by molar-refractivity contribution is 7.80. The predicted molar refractivity (Wildman–Crippen MR) is 45.4 cm³/mol. The van der Waals surface area contributed by atoms with E-state index in [1.54, 1.807) is 12.2 Å². The van der Waals surface area contributed by atoms with Crippen LogP contribution < -0.4 is 5.32 Å². The minimum Gasteiger partial charge on any atom is -0.329 e. The monoisotopic (exact) mass is 164 g/mol. The zero-order valence-electron chi connectivity index (χ0n) is 5.50. The second kappa shape index (κ2) is 2.10. The number of thiocarbonyl (C=S) groups is 1. The molecule has 0 unspecified atom stereocenters. The van der Waals surface area contributed by atoms with Crippen LogP contribution in [0.2, 0.25) is 0 Å². The van der Waals surface area contributed by atoms with Gasteiger partial charge in [-0.3, -0.25) is 4.79 Å². The van der Waals surface area contributed by atoms with Crippen molar-refractivity contribution in [1.29, 1.82) is 0 Å². The van der Waals surface area contributed by atoms with Gasteiger partial charge in [0.25, 0.3) is 0 Å². The van der Waals surface area contributed by atoms with Gasteiger partial charge in [-0.2, -0.15) is 0 Å².